The maximum Gasteiger partial charge on any atom is 0.160 e. The first-order valence-corrected chi connectivity index (χ1v) is 7.62. The highest BCUT2D eigenvalue weighted by molar-refractivity contribution is 5.95. The summed E-state index contributed by atoms with van der Waals surface area (Å²) in [6, 6.07) is 18.8. The largest absolute Gasteiger partial charge is 0.508 e. The molecule has 0 amide bonds. The van der Waals surface area contributed by atoms with Crippen LogP contribution in [0.1, 0.15) is 0 Å². The Bertz CT molecular complexity index is 1150. The van der Waals surface area contributed by atoms with Crippen molar-refractivity contribution in [2.75, 3.05) is 0 Å². The van der Waals surface area contributed by atoms with Crippen LogP contribution < -0.4 is 0 Å². The summed E-state index contributed by atoms with van der Waals surface area (Å²) in [5, 5.41) is 9.64. The predicted molar refractivity (Wildman–Crippen MR) is 93.8 cm³/mol. The van der Waals surface area contributed by atoms with E-state index in [-0.39, 0.29) is 5.75 Å². The SMILES string of the molecule is Oc1cccc(-c2nc3cc4nc5ccccc5[nH]c4cc3n2)c1. The van der Waals surface area contributed by atoms with Gasteiger partial charge in [0.15, 0.2) is 5.82 Å². The number of H-pyrrole nitrogens is 1. The number of aromatic hydroxyl groups is 1. The molecule has 0 spiro atoms. The number of nitrogens with zero attached hydrogens (tertiary/aromatic N) is 3. The number of imidazole rings is 1. The minimum atomic E-state index is 0.202. The average Bonchev–Trinajstić information content (AvgIpc) is 3.00. The first-order valence-electron chi connectivity index (χ1n) is 7.62. The average molecular weight is 312 g/mol. The number of hydrogen-bond acceptors (Lipinski definition) is 4. The van der Waals surface area contributed by atoms with Crippen LogP contribution in [0.5, 0.6) is 5.75 Å². The van der Waals surface area contributed by atoms with Crippen molar-refractivity contribution in [2.45, 2.75) is 0 Å². The van der Waals surface area contributed by atoms with Gasteiger partial charge in [-0.25, -0.2) is 15.0 Å². The van der Waals surface area contributed by atoms with Crippen LogP contribution in [-0.2, 0) is 0 Å². The number of rotatable bonds is 1. The molecule has 0 saturated heterocycles. The second-order valence-corrected chi connectivity index (χ2v) is 5.71. The normalized spacial score (nSPS) is 11.5. The van der Waals surface area contributed by atoms with E-state index in [4.69, 9.17) is 0 Å². The summed E-state index contributed by atoms with van der Waals surface area (Å²) in [5.41, 5.74) is 6.05. The highest BCUT2D eigenvalue weighted by atomic mass is 16.3. The van der Waals surface area contributed by atoms with E-state index in [2.05, 4.69) is 19.9 Å². The molecule has 114 valence electrons. The molecule has 0 bridgehead atoms. The van der Waals surface area contributed by atoms with Gasteiger partial charge in [0.05, 0.1) is 33.1 Å². The van der Waals surface area contributed by atoms with Crippen molar-refractivity contribution < 1.29 is 5.11 Å². The number of para-hydroxylation sites is 2. The van der Waals surface area contributed by atoms with Crippen LogP contribution in [0.2, 0.25) is 0 Å². The number of phenolic OH excluding ortho intramolecular Hbond substituents is 1. The van der Waals surface area contributed by atoms with E-state index >= 15 is 0 Å². The molecule has 0 aliphatic carbocycles. The molecule has 0 aliphatic heterocycles. The van der Waals surface area contributed by atoms with Gasteiger partial charge in [0.25, 0.3) is 0 Å². The van der Waals surface area contributed by atoms with Crippen LogP contribution in [0.15, 0.2) is 60.7 Å². The van der Waals surface area contributed by atoms with E-state index < -0.39 is 0 Å². The molecule has 2 heterocycles. The Hall–Kier alpha value is -3.47. The third-order valence-electron chi connectivity index (χ3n) is 4.06. The Balaban J connectivity index is 1.76. The van der Waals surface area contributed by atoms with Gasteiger partial charge >= 0.3 is 0 Å². The van der Waals surface area contributed by atoms with Crippen LogP contribution in [0.25, 0.3) is 44.5 Å². The molecule has 0 atom stereocenters. The third kappa shape index (κ3) is 1.99. The molecule has 5 rings (SSSR count). The van der Waals surface area contributed by atoms with Gasteiger partial charge in [-0.2, -0.15) is 0 Å². The molecule has 5 aromatic rings. The zero-order valence-corrected chi connectivity index (χ0v) is 12.6. The number of hydrogen-bond donors (Lipinski definition) is 2. The molecule has 0 saturated carbocycles. The highest BCUT2D eigenvalue weighted by Crippen LogP contribution is 2.26. The summed E-state index contributed by atoms with van der Waals surface area (Å²) in [6.45, 7) is 0. The van der Waals surface area contributed by atoms with Crippen LogP contribution in [-0.4, -0.2) is 25.0 Å². The maximum absolute atomic E-state index is 9.64. The van der Waals surface area contributed by atoms with E-state index in [1.807, 2.05) is 42.5 Å². The Morgan fingerprint density at radius 2 is 1.50 bits per heavy atom. The van der Waals surface area contributed by atoms with E-state index in [9.17, 15) is 5.11 Å². The molecule has 24 heavy (non-hydrogen) atoms. The van der Waals surface area contributed by atoms with Gasteiger partial charge in [0.2, 0.25) is 0 Å². The lowest BCUT2D eigenvalue weighted by Crippen LogP contribution is -1.87. The number of fused-ring (bicyclic) bond motifs is 3. The zero-order chi connectivity index (χ0) is 16.1. The molecule has 0 fully saturated rings. The minimum absolute atomic E-state index is 0.202. The number of benzene rings is 3. The summed E-state index contributed by atoms with van der Waals surface area (Å²) in [6.07, 6.45) is 0. The van der Waals surface area contributed by atoms with Gasteiger partial charge in [-0.15, -0.1) is 0 Å². The molecule has 2 aromatic heterocycles. The number of aromatic amines is 1. The van der Waals surface area contributed by atoms with Crippen molar-refractivity contribution in [3.05, 3.63) is 60.7 Å². The monoisotopic (exact) mass is 312 g/mol. The molecule has 5 nitrogen and oxygen atoms in total. The Kier molecular flexibility index (Phi) is 2.58. The summed E-state index contributed by atoms with van der Waals surface area (Å²) < 4.78 is 0. The summed E-state index contributed by atoms with van der Waals surface area (Å²) in [7, 11) is 0. The molecule has 0 unspecified atom stereocenters. The topological polar surface area (TPSA) is 74.7 Å². The summed E-state index contributed by atoms with van der Waals surface area (Å²) in [5.74, 6) is 0.800. The van der Waals surface area contributed by atoms with Crippen LogP contribution >= 0.6 is 0 Å². The van der Waals surface area contributed by atoms with Crippen LogP contribution in [0.3, 0.4) is 0 Å². The molecular formula is C19H12N4O. The molecular weight excluding hydrogens is 300 g/mol. The Labute approximate surface area is 136 Å². The fourth-order valence-electron chi connectivity index (χ4n) is 2.92. The first-order chi connectivity index (χ1) is 11.8. The van der Waals surface area contributed by atoms with Gasteiger partial charge in [-0.3, -0.25) is 0 Å². The number of phenols is 1. The molecule has 0 radical (unpaired) electrons. The van der Waals surface area contributed by atoms with Gasteiger partial charge < -0.3 is 10.1 Å². The van der Waals surface area contributed by atoms with Gasteiger partial charge in [0.1, 0.15) is 5.75 Å². The number of nitrogens with one attached hydrogen (secondary N) is 1. The van der Waals surface area contributed by atoms with Crippen molar-refractivity contribution in [3.63, 3.8) is 0 Å². The van der Waals surface area contributed by atoms with E-state index in [1.165, 1.54) is 0 Å². The second-order valence-electron chi connectivity index (χ2n) is 5.71. The predicted octanol–water partition coefficient (Wildman–Crippen LogP) is 4.03. The van der Waals surface area contributed by atoms with E-state index in [0.717, 1.165) is 38.7 Å². The third-order valence-corrected chi connectivity index (χ3v) is 4.06. The van der Waals surface area contributed by atoms with Gasteiger partial charge in [-0.05, 0) is 36.4 Å². The van der Waals surface area contributed by atoms with Crippen molar-refractivity contribution in [1.82, 2.24) is 19.9 Å². The summed E-state index contributed by atoms with van der Waals surface area (Å²) >= 11 is 0. The number of aromatic nitrogens is 4. The maximum atomic E-state index is 9.64. The Morgan fingerprint density at radius 3 is 2.38 bits per heavy atom. The lowest BCUT2D eigenvalue weighted by molar-refractivity contribution is 0.475. The molecule has 0 aliphatic rings. The smallest absolute Gasteiger partial charge is 0.160 e. The quantitative estimate of drug-likeness (QED) is 0.458. The zero-order valence-electron chi connectivity index (χ0n) is 12.6. The fraction of sp³-hybridized carbons (Fsp3) is 0. The first kappa shape index (κ1) is 13.0. The van der Waals surface area contributed by atoms with Crippen LogP contribution in [0.4, 0.5) is 0 Å². The van der Waals surface area contributed by atoms with E-state index in [1.54, 1.807) is 18.2 Å². The van der Waals surface area contributed by atoms with Gasteiger partial charge in [-0.1, -0.05) is 24.3 Å². The second kappa shape index (κ2) is 4.76. The van der Waals surface area contributed by atoms with Crippen molar-refractivity contribution in [3.8, 4) is 17.1 Å². The summed E-state index contributed by atoms with van der Waals surface area (Å²) in [4.78, 5) is 17.2. The lowest BCUT2D eigenvalue weighted by Gasteiger charge is -2.01. The van der Waals surface area contributed by atoms with Gasteiger partial charge in [0, 0.05) is 5.56 Å². The molecule has 2 N–H and O–H groups in total. The Morgan fingerprint density at radius 1 is 0.667 bits per heavy atom. The fourth-order valence-corrected chi connectivity index (χ4v) is 2.92. The van der Waals surface area contributed by atoms with Crippen molar-refractivity contribution in [2.24, 2.45) is 0 Å². The standard InChI is InChI=1S/C19H12N4O/c24-12-5-3-4-11(8-12)19-22-17-9-15-16(10-18(17)23-19)21-14-7-2-1-6-13(14)20-15/h1-10,20,24H. The van der Waals surface area contributed by atoms with Crippen molar-refractivity contribution in [1.29, 1.82) is 0 Å². The molecule has 5 heteroatoms. The van der Waals surface area contributed by atoms with Crippen molar-refractivity contribution >= 4 is 33.1 Å². The lowest BCUT2D eigenvalue weighted by atomic mass is 10.2. The highest BCUT2D eigenvalue weighted by Gasteiger charge is 2.10. The minimum Gasteiger partial charge on any atom is -0.508 e. The van der Waals surface area contributed by atoms with Crippen LogP contribution in [0, 0.1) is 0 Å². The molecule has 3 aromatic carbocycles. The van der Waals surface area contributed by atoms with E-state index in [0.29, 0.717) is 5.82 Å².